The van der Waals surface area contributed by atoms with Crippen molar-refractivity contribution in [3.63, 3.8) is 0 Å². The van der Waals surface area contributed by atoms with Crippen molar-refractivity contribution in [3.8, 4) is 0 Å². The Bertz CT molecular complexity index is 554. The molecule has 4 heteroatoms. The summed E-state index contributed by atoms with van der Waals surface area (Å²) in [4.78, 5) is 0. The number of nitrogen functional groups attached to an aromatic ring is 1. The second kappa shape index (κ2) is 5.16. The van der Waals surface area contributed by atoms with Gasteiger partial charge in [0.1, 0.15) is 5.82 Å². The van der Waals surface area contributed by atoms with Crippen LogP contribution in [0.4, 0.5) is 10.1 Å². The SMILES string of the molecule is Cc1cccc(C(NN)c2cc(F)ccc2N)c1. The van der Waals surface area contributed by atoms with E-state index in [-0.39, 0.29) is 11.9 Å². The number of rotatable bonds is 3. The molecule has 1 atom stereocenters. The van der Waals surface area contributed by atoms with E-state index in [4.69, 9.17) is 11.6 Å². The van der Waals surface area contributed by atoms with E-state index >= 15 is 0 Å². The molecular formula is C14H16FN3. The number of nitrogens with two attached hydrogens (primary N) is 2. The fourth-order valence-corrected chi connectivity index (χ4v) is 2.01. The van der Waals surface area contributed by atoms with Crippen LogP contribution in [-0.2, 0) is 0 Å². The smallest absolute Gasteiger partial charge is 0.123 e. The molecule has 2 aromatic rings. The first kappa shape index (κ1) is 12.5. The molecule has 0 aliphatic carbocycles. The van der Waals surface area contributed by atoms with Gasteiger partial charge in [0.05, 0.1) is 6.04 Å². The van der Waals surface area contributed by atoms with Gasteiger partial charge < -0.3 is 5.73 Å². The second-order valence-corrected chi connectivity index (χ2v) is 4.29. The van der Waals surface area contributed by atoms with E-state index in [0.717, 1.165) is 11.1 Å². The molecule has 0 aliphatic rings. The zero-order chi connectivity index (χ0) is 13.1. The lowest BCUT2D eigenvalue weighted by atomic mass is 9.96. The first-order valence-electron chi connectivity index (χ1n) is 5.69. The normalized spacial score (nSPS) is 12.4. The zero-order valence-electron chi connectivity index (χ0n) is 10.2. The first-order chi connectivity index (χ1) is 8.61. The third-order valence-corrected chi connectivity index (χ3v) is 2.90. The van der Waals surface area contributed by atoms with Crippen LogP contribution in [0.15, 0.2) is 42.5 Å². The summed E-state index contributed by atoms with van der Waals surface area (Å²) in [6.45, 7) is 1.99. The Hall–Kier alpha value is -1.91. The molecule has 0 aromatic heterocycles. The lowest BCUT2D eigenvalue weighted by Crippen LogP contribution is -2.29. The fourth-order valence-electron chi connectivity index (χ4n) is 2.01. The van der Waals surface area contributed by atoms with Gasteiger partial charge >= 0.3 is 0 Å². The predicted octanol–water partition coefficient (Wildman–Crippen LogP) is 2.27. The van der Waals surface area contributed by atoms with Gasteiger partial charge in [-0.1, -0.05) is 29.8 Å². The molecule has 0 fully saturated rings. The summed E-state index contributed by atoms with van der Waals surface area (Å²) in [5.41, 5.74) is 11.8. The molecule has 0 radical (unpaired) electrons. The Balaban J connectivity index is 2.48. The topological polar surface area (TPSA) is 64.1 Å². The molecule has 3 nitrogen and oxygen atoms in total. The Labute approximate surface area is 106 Å². The van der Waals surface area contributed by atoms with Crippen molar-refractivity contribution in [2.75, 3.05) is 5.73 Å². The molecule has 2 rings (SSSR count). The number of hydrogen-bond acceptors (Lipinski definition) is 3. The number of aryl methyl sites for hydroxylation is 1. The van der Waals surface area contributed by atoms with Crippen molar-refractivity contribution in [1.82, 2.24) is 5.43 Å². The Morgan fingerprint density at radius 3 is 2.61 bits per heavy atom. The highest BCUT2D eigenvalue weighted by atomic mass is 19.1. The van der Waals surface area contributed by atoms with E-state index in [9.17, 15) is 4.39 Å². The minimum atomic E-state index is -0.327. The monoisotopic (exact) mass is 245 g/mol. The van der Waals surface area contributed by atoms with Gasteiger partial charge in [0.2, 0.25) is 0 Å². The van der Waals surface area contributed by atoms with Crippen LogP contribution in [0.3, 0.4) is 0 Å². The third-order valence-electron chi connectivity index (χ3n) is 2.90. The molecule has 18 heavy (non-hydrogen) atoms. The molecule has 0 amide bonds. The van der Waals surface area contributed by atoms with Gasteiger partial charge in [-0.25, -0.2) is 9.82 Å². The van der Waals surface area contributed by atoms with Gasteiger partial charge in [-0.3, -0.25) is 5.84 Å². The quantitative estimate of drug-likeness (QED) is 0.441. The zero-order valence-corrected chi connectivity index (χ0v) is 10.2. The molecule has 0 bridgehead atoms. The van der Waals surface area contributed by atoms with Crippen LogP contribution < -0.4 is 17.0 Å². The second-order valence-electron chi connectivity index (χ2n) is 4.29. The molecule has 0 aliphatic heterocycles. The molecule has 0 saturated heterocycles. The fraction of sp³-hybridized carbons (Fsp3) is 0.143. The maximum atomic E-state index is 13.3. The van der Waals surface area contributed by atoms with Crippen LogP contribution in [0.1, 0.15) is 22.7 Å². The number of nitrogens with one attached hydrogen (secondary N) is 1. The third kappa shape index (κ3) is 2.50. The van der Waals surface area contributed by atoms with Gasteiger partial charge in [-0.15, -0.1) is 0 Å². The Morgan fingerprint density at radius 2 is 1.94 bits per heavy atom. The molecule has 0 heterocycles. The minimum Gasteiger partial charge on any atom is -0.398 e. The highest BCUT2D eigenvalue weighted by molar-refractivity contribution is 5.51. The van der Waals surface area contributed by atoms with E-state index in [0.29, 0.717) is 11.3 Å². The average molecular weight is 245 g/mol. The lowest BCUT2D eigenvalue weighted by molar-refractivity contribution is 0.606. The summed E-state index contributed by atoms with van der Waals surface area (Å²) in [7, 11) is 0. The van der Waals surface area contributed by atoms with Gasteiger partial charge in [-0.2, -0.15) is 0 Å². The minimum absolute atomic E-state index is 0.319. The summed E-state index contributed by atoms with van der Waals surface area (Å²) in [6.07, 6.45) is 0. The maximum absolute atomic E-state index is 13.3. The molecule has 0 spiro atoms. The molecule has 2 aromatic carbocycles. The van der Waals surface area contributed by atoms with Crippen LogP contribution in [0.2, 0.25) is 0 Å². The van der Waals surface area contributed by atoms with Gasteiger partial charge in [0, 0.05) is 11.3 Å². The van der Waals surface area contributed by atoms with Crippen molar-refractivity contribution in [3.05, 3.63) is 65.0 Å². The van der Waals surface area contributed by atoms with E-state index in [1.54, 1.807) is 6.07 Å². The number of benzene rings is 2. The van der Waals surface area contributed by atoms with E-state index in [1.165, 1.54) is 12.1 Å². The molecular weight excluding hydrogens is 229 g/mol. The highest BCUT2D eigenvalue weighted by Gasteiger charge is 2.15. The van der Waals surface area contributed by atoms with Crippen molar-refractivity contribution in [2.24, 2.45) is 5.84 Å². The molecule has 0 saturated carbocycles. The standard InChI is InChI=1S/C14H16FN3/c1-9-3-2-4-10(7-9)14(18-17)12-8-11(15)5-6-13(12)16/h2-8,14,18H,16-17H2,1H3. The largest absolute Gasteiger partial charge is 0.398 e. The van der Waals surface area contributed by atoms with Crippen LogP contribution in [0, 0.1) is 12.7 Å². The summed E-state index contributed by atoms with van der Waals surface area (Å²) in [5.74, 6) is 5.25. The van der Waals surface area contributed by atoms with E-state index in [1.807, 2.05) is 31.2 Å². The van der Waals surface area contributed by atoms with Gasteiger partial charge in [0.25, 0.3) is 0 Å². The van der Waals surface area contributed by atoms with Gasteiger partial charge in [-0.05, 0) is 30.7 Å². The van der Waals surface area contributed by atoms with Crippen molar-refractivity contribution < 1.29 is 4.39 Å². The lowest BCUT2D eigenvalue weighted by Gasteiger charge is -2.19. The van der Waals surface area contributed by atoms with Crippen molar-refractivity contribution in [2.45, 2.75) is 13.0 Å². The van der Waals surface area contributed by atoms with Crippen LogP contribution in [0.5, 0.6) is 0 Å². The van der Waals surface area contributed by atoms with Crippen LogP contribution >= 0.6 is 0 Å². The Kier molecular flexibility index (Phi) is 3.60. The number of halogens is 1. The average Bonchev–Trinajstić information content (AvgIpc) is 2.35. The Morgan fingerprint density at radius 1 is 1.17 bits per heavy atom. The van der Waals surface area contributed by atoms with E-state index in [2.05, 4.69) is 5.43 Å². The summed E-state index contributed by atoms with van der Waals surface area (Å²) in [5, 5.41) is 0. The first-order valence-corrected chi connectivity index (χ1v) is 5.69. The summed E-state index contributed by atoms with van der Waals surface area (Å²) in [6, 6.07) is 11.8. The number of hydrogen-bond donors (Lipinski definition) is 3. The molecule has 5 N–H and O–H groups in total. The van der Waals surface area contributed by atoms with E-state index < -0.39 is 0 Å². The summed E-state index contributed by atoms with van der Waals surface area (Å²) < 4.78 is 13.3. The maximum Gasteiger partial charge on any atom is 0.123 e. The molecule has 1 unspecified atom stereocenters. The molecule has 94 valence electrons. The number of anilines is 1. The van der Waals surface area contributed by atoms with Crippen molar-refractivity contribution >= 4 is 5.69 Å². The predicted molar refractivity (Wildman–Crippen MR) is 71.2 cm³/mol. The number of hydrazine groups is 1. The van der Waals surface area contributed by atoms with Crippen LogP contribution in [-0.4, -0.2) is 0 Å². The van der Waals surface area contributed by atoms with Gasteiger partial charge in [0.15, 0.2) is 0 Å². The summed E-state index contributed by atoms with van der Waals surface area (Å²) >= 11 is 0. The van der Waals surface area contributed by atoms with Crippen LogP contribution in [0.25, 0.3) is 0 Å². The van der Waals surface area contributed by atoms with Crippen molar-refractivity contribution in [1.29, 1.82) is 0 Å². The highest BCUT2D eigenvalue weighted by Crippen LogP contribution is 2.27.